The van der Waals surface area contributed by atoms with Gasteiger partial charge in [-0.05, 0) is 36.4 Å². The Balaban J connectivity index is 1.46. The van der Waals surface area contributed by atoms with Crippen LogP contribution >= 0.6 is 11.6 Å². The van der Waals surface area contributed by atoms with Crippen LogP contribution in [0.4, 0.5) is 5.69 Å². The maximum atomic E-state index is 12.6. The van der Waals surface area contributed by atoms with E-state index < -0.39 is 0 Å². The molecule has 0 aliphatic heterocycles. The van der Waals surface area contributed by atoms with Crippen molar-refractivity contribution in [1.29, 1.82) is 0 Å². The lowest BCUT2D eigenvalue weighted by atomic mass is 10.2. The van der Waals surface area contributed by atoms with E-state index in [1.165, 1.54) is 0 Å². The van der Waals surface area contributed by atoms with Crippen LogP contribution in [0.5, 0.6) is 5.75 Å². The average Bonchev–Trinajstić information content (AvgIpc) is 3.22. The molecule has 0 radical (unpaired) electrons. The van der Waals surface area contributed by atoms with Gasteiger partial charge in [-0.1, -0.05) is 59.2 Å². The fourth-order valence-electron chi connectivity index (χ4n) is 2.70. The number of hydrogen-bond donors (Lipinski definition) is 1. The summed E-state index contributed by atoms with van der Waals surface area (Å²) >= 11 is 6.00. The monoisotopic (exact) mass is 405 g/mol. The number of halogens is 1. The summed E-state index contributed by atoms with van der Waals surface area (Å²) in [6.45, 7) is 0.0309. The minimum Gasteiger partial charge on any atom is -0.483 e. The Labute approximate surface area is 172 Å². The Morgan fingerprint density at radius 1 is 1.00 bits per heavy atom. The molecule has 6 nitrogen and oxygen atoms in total. The van der Waals surface area contributed by atoms with Gasteiger partial charge in [0.15, 0.2) is 6.61 Å². The molecule has 0 saturated carbocycles. The third-order valence-corrected chi connectivity index (χ3v) is 4.30. The molecule has 1 heterocycles. The molecule has 144 valence electrons. The molecule has 1 aromatic heterocycles. The lowest BCUT2D eigenvalue weighted by molar-refractivity contribution is 0.102. The lowest BCUT2D eigenvalue weighted by Crippen LogP contribution is -2.13. The van der Waals surface area contributed by atoms with Gasteiger partial charge in [0.05, 0.1) is 5.56 Å². The van der Waals surface area contributed by atoms with Crippen LogP contribution < -0.4 is 10.1 Å². The Kier molecular flexibility index (Phi) is 5.54. The molecule has 3 aromatic carbocycles. The first-order valence-electron chi connectivity index (χ1n) is 8.86. The molecule has 0 saturated heterocycles. The number of benzene rings is 3. The fourth-order valence-corrected chi connectivity index (χ4v) is 2.89. The number of carbonyl (C=O) groups excluding carboxylic acids is 1. The third kappa shape index (κ3) is 4.62. The van der Waals surface area contributed by atoms with E-state index in [0.717, 1.165) is 5.56 Å². The van der Waals surface area contributed by atoms with Gasteiger partial charge in [0.1, 0.15) is 5.75 Å². The normalized spacial score (nSPS) is 10.5. The predicted octanol–water partition coefficient (Wildman–Crippen LogP) is 5.22. The summed E-state index contributed by atoms with van der Waals surface area (Å²) in [5.74, 6) is 0.861. The number of amides is 1. The standard InChI is InChI=1S/C22H16ClN3O3/c23-16-8-6-7-15(13-16)21-25-20(29-26-21)14-28-19-12-5-4-11-18(19)22(27)24-17-9-2-1-3-10-17/h1-13H,14H2,(H,24,27). The Bertz CT molecular complexity index is 1130. The second kappa shape index (κ2) is 8.58. The highest BCUT2D eigenvalue weighted by atomic mass is 35.5. The molecule has 0 unspecified atom stereocenters. The summed E-state index contributed by atoms with van der Waals surface area (Å²) in [4.78, 5) is 16.9. The van der Waals surface area contributed by atoms with Gasteiger partial charge in [0, 0.05) is 16.3 Å². The van der Waals surface area contributed by atoms with E-state index in [1.54, 1.807) is 36.4 Å². The van der Waals surface area contributed by atoms with E-state index in [9.17, 15) is 4.79 Å². The molecule has 4 aromatic rings. The maximum absolute atomic E-state index is 12.6. The van der Waals surface area contributed by atoms with E-state index >= 15 is 0 Å². The van der Waals surface area contributed by atoms with Gasteiger partial charge in [0.25, 0.3) is 11.8 Å². The summed E-state index contributed by atoms with van der Waals surface area (Å²) in [5, 5.41) is 7.38. The van der Waals surface area contributed by atoms with Crippen LogP contribution in [0.25, 0.3) is 11.4 Å². The minimum atomic E-state index is -0.267. The van der Waals surface area contributed by atoms with Crippen molar-refractivity contribution in [2.24, 2.45) is 0 Å². The first kappa shape index (κ1) is 18.7. The highest BCUT2D eigenvalue weighted by Crippen LogP contribution is 2.23. The molecule has 0 fully saturated rings. The second-order valence-electron chi connectivity index (χ2n) is 6.13. The van der Waals surface area contributed by atoms with E-state index in [4.69, 9.17) is 20.9 Å². The quantitative estimate of drug-likeness (QED) is 0.475. The fraction of sp³-hybridized carbons (Fsp3) is 0.0455. The summed E-state index contributed by atoms with van der Waals surface area (Å²) in [6.07, 6.45) is 0. The lowest BCUT2D eigenvalue weighted by Gasteiger charge is -2.10. The number of para-hydroxylation sites is 2. The first-order chi connectivity index (χ1) is 14.2. The Hall–Kier alpha value is -3.64. The van der Waals surface area contributed by atoms with E-state index in [1.807, 2.05) is 42.5 Å². The molecule has 0 spiro atoms. The van der Waals surface area contributed by atoms with Gasteiger partial charge in [-0.2, -0.15) is 4.98 Å². The van der Waals surface area contributed by atoms with Crippen molar-refractivity contribution in [3.8, 4) is 17.1 Å². The molecule has 29 heavy (non-hydrogen) atoms. The van der Waals surface area contributed by atoms with Crippen LogP contribution in [0, 0.1) is 0 Å². The number of anilines is 1. The molecular weight excluding hydrogens is 390 g/mol. The van der Waals surface area contributed by atoms with Crippen molar-refractivity contribution in [3.05, 3.63) is 95.3 Å². The van der Waals surface area contributed by atoms with E-state index in [-0.39, 0.29) is 12.5 Å². The van der Waals surface area contributed by atoms with Crippen molar-refractivity contribution < 1.29 is 14.1 Å². The van der Waals surface area contributed by atoms with Crippen LogP contribution in [0.15, 0.2) is 83.4 Å². The second-order valence-corrected chi connectivity index (χ2v) is 6.56. The predicted molar refractivity (Wildman–Crippen MR) is 110 cm³/mol. The van der Waals surface area contributed by atoms with Gasteiger partial charge in [0.2, 0.25) is 5.82 Å². The number of rotatable bonds is 6. The zero-order valence-corrected chi connectivity index (χ0v) is 16.0. The van der Waals surface area contributed by atoms with Crippen molar-refractivity contribution in [3.63, 3.8) is 0 Å². The number of nitrogens with one attached hydrogen (secondary N) is 1. The highest BCUT2D eigenvalue weighted by molar-refractivity contribution is 6.30. The summed E-state index contributed by atoms with van der Waals surface area (Å²) in [6, 6.07) is 23.4. The highest BCUT2D eigenvalue weighted by Gasteiger charge is 2.14. The van der Waals surface area contributed by atoms with Gasteiger partial charge >= 0.3 is 0 Å². The van der Waals surface area contributed by atoms with Crippen LogP contribution in [0.3, 0.4) is 0 Å². The molecule has 0 bridgehead atoms. The van der Waals surface area contributed by atoms with Crippen molar-refractivity contribution in [2.75, 3.05) is 5.32 Å². The van der Waals surface area contributed by atoms with Crippen molar-refractivity contribution >= 4 is 23.2 Å². The largest absolute Gasteiger partial charge is 0.483 e. The SMILES string of the molecule is O=C(Nc1ccccc1)c1ccccc1OCc1nc(-c2cccc(Cl)c2)no1. The number of ether oxygens (including phenoxy) is 1. The zero-order chi connectivity index (χ0) is 20.1. The topological polar surface area (TPSA) is 77.2 Å². The molecular formula is C22H16ClN3O3. The summed E-state index contributed by atoms with van der Waals surface area (Å²) < 4.78 is 11.0. The number of nitrogens with zero attached hydrogens (tertiary/aromatic N) is 2. The zero-order valence-electron chi connectivity index (χ0n) is 15.2. The molecule has 0 aliphatic rings. The number of aromatic nitrogens is 2. The number of carbonyl (C=O) groups is 1. The van der Waals surface area contributed by atoms with Gasteiger partial charge in [-0.25, -0.2) is 0 Å². The van der Waals surface area contributed by atoms with Crippen molar-refractivity contribution in [2.45, 2.75) is 6.61 Å². The van der Waals surface area contributed by atoms with E-state index in [0.29, 0.717) is 33.7 Å². The molecule has 0 aliphatic carbocycles. The van der Waals surface area contributed by atoms with Crippen LogP contribution in [-0.2, 0) is 6.61 Å². The molecule has 7 heteroatoms. The average molecular weight is 406 g/mol. The molecule has 1 amide bonds. The Morgan fingerprint density at radius 3 is 2.62 bits per heavy atom. The van der Waals surface area contributed by atoms with Crippen molar-refractivity contribution in [1.82, 2.24) is 10.1 Å². The van der Waals surface area contributed by atoms with E-state index in [2.05, 4.69) is 15.5 Å². The van der Waals surface area contributed by atoms with Gasteiger partial charge < -0.3 is 14.6 Å². The smallest absolute Gasteiger partial charge is 0.264 e. The van der Waals surface area contributed by atoms with Gasteiger partial charge in [-0.15, -0.1) is 0 Å². The summed E-state index contributed by atoms with van der Waals surface area (Å²) in [7, 11) is 0. The molecule has 0 atom stereocenters. The Morgan fingerprint density at radius 2 is 1.79 bits per heavy atom. The summed E-state index contributed by atoms with van der Waals surface area (Å²) in [5.41, 5.74) is 1.86. The number of hydrogen-bond acceptors (Lipinski definition) is 5. The van der Waals surface area contributed by atoms with Gasteiger partial charge in [-0.3, -0.25) is 4.79 Å². The molecule has 4 rings (SSSR count). The maximum Gasteiger partial charge on any atom is 0.264 e. The van der Waals surface area contributed by atoms with Crippen LogP contribution in [0.2, 0.25) is 5.02 Å². The molecule has 1 N–H and O–H groups in total. The minimum absolute atomic E-state index is 0.0309. The third-order valence-electron chi connectivity index (χ3n) is 4.07. The van der Waals surface area contributed by atoms with Crippen LogP contribution in [-0.4, -0.2) is 16.0 Å². The van der Waals surface area contributed by atoms with Crippen LogP contribution in [0.1, 0.15) is 16.2 Å². The first-order valence-corrected chi connectivity index (χ1v) is 9.23.